The number of nitro groups is 2. The Morgan fingerprint density at radius 3 is 2.38 bits per heavy atom. The molecule has 10 nitrogen and oxygen atoms in total. The van der Waals surface area contributed by atoms with Crippen LogP contribution in [0.3, 0.4) is 0 Å². The summed E-state index contributed by atoms with van der Waals surface area (Å²) in [6.07, 6.45) is 3.23. The van der Waals surface area contributed by atoms with E-state index in [0.29, 0.717) is 5.69 Å². The van der Waals surface area contributed by atoms with E-state index < -0.39 is 27.1 Å². The van der Waals surface area contributed by atoms with Crippen LogP contribution < -0.4 is 5.32 Å². The highest BCUT2D eigenvalue weighted by molar-refractivity contribution is 7.14. The molecule has 0 saturated heterocycles. The number of carbonyl (C=O) groups excluding carboxylic acids is 1. The molecule has 1 amide bonds. The minimum Gasteiger partial charge on any atom is -0.298 e. The Morgan fingerprint density at radius 2 is 1.81 bits per heavy atom. The highest BCUT2D eigenvalue weighted by Gasteiger charge is 2.20. The second-order valence-electron chi connectivity index (χ2n) is 4.99. The molecule has 3 rings (SSSR count). The van der Waals surface area contributed by atoms with Gasteiger partial charge >= 0.3 is 0 Å². The first-order chi connectivity index (χ1) is 12.4. The summed E-state index contributed by atoms with van der Waals surface area (Å²) in [5.74, 6) is -0.733. The van der Waals surface area contributed by atoms with Crippen molar-refractivity contribution >= 4 is 33.8 Å². The van der Waals surface area contributed by atoms with E-state index in [4.69, 9.17) is 0 Å². The number of aromatic nitrogens is 2. The Labute approximate surface area is 149 Å². The maximum absolute atomic E-state index is 12.3. The number of non-ortho nitro benzene ring substituents is 2. The molecule has 0 bridgehead atoms. The Balaban J connectivity index is 1.85. The molecule has 1 aromatic carbocycles. The Kier molecular flexibility index (Phi) is 4.62. The maximum Gasteiger partial charge on any atom is 0.277 e. The number of benzene rings is 1. The van der Waals surface area contributed by atoms with Crippen LogP contribution in [0.2, 0.25) is 0 Å². The molecule has 130 valence electrons. The molecule has 0 spiro atoms. The number of nitro benzene ring substituents is 2. The number of amides is 1. The van der Waals surface area contributed by atoms with Crippen molar-refractivity contribution in [1.29, 1.82) is 0 Å². The average molecular weight is 371 g/mol. The molecule has 0 aliphatic carbocycles. The lowest BCUT2D eigenvalue weighted by molar-refractivity contribution is -0.394. The molecular formula is C15H9N5O5S. The van der Waals surface area contributed by atoms with Gasteiger partial charge in [-0.2, -0.15) is 0 Å². The van der Waals surface area contributed by atoms with Gasteiger partial charge in [-0.15, -0.1) is 11.3 Å². The van der Waals surface area contributed by atoms with Crippen LogP contribution in [0.15, 0.2) is 48.1 Å². The second-order valence-corrected chi connectivity index (χ2v) is 5.84. The number of hydrogen-bond donors (Lipinski definition) is 1. The lowest BCUT2D eigenvalue weighted by atomic mass is 10.1. The third kappa shape index (κ3) is 3.67. The van der Waals surface area contributed by atoms with Crippen LogP contribution in [-0.4, -0.2) is 25.7 Å². The fourth-order valence-corrected chi connectivity index (χ4v) is 2.80. The molecule has 2 aromatic heterocycles. The van der Waals surface area contributed by atoms with Gasteiger partial charge in [0.1, 0.15) is 0 Å². The first kappa shape index (κ1) is 17.1. The van der Waals surface area contributed by atoms with E-state index in [1.54, 1.807) is 29.9 Å². The molecule has 0 atom stereocenters. The van der Waals surface area contributed by atoms with E-state index in [2.05, 4.69) is 15.3 Å². The summed E-state index contributed by atoms with van der Waals surface area (Å²) < 4.78 is 0. The van der Waals surface area contributed by atoms with Crippen molar-refractivity contribution in [3.05, 3.63) is 73.9 Å². The number of rotatable bonds is 5. The monoisotopic (exact) mass is 371 g/mol. The fourth-order valence-electron chi connectivity index (χ4n) is 2.08. The van der Waals surface area contributed by atoms with Crippen LogP contribution in [0.5, 0.6) is 0 Å². The van der Waals surface area contributed by atoms with Gasteiger partial charge in [-0.1, -0.05) is 0 Å². The third-order valence-corrected chi connectivity index (χ3v) is 4.03. The first-order valence-electron chi connectivity index (χ1n) is 7.05. The molecule has 11 heteroatoms. The van der Waals surface area contributed by atoms with Crippen molar-refractivity contribution in [1.82, 2.24) is 9.97 Å². The van der Waals surface area contributed by atoms with Crippen molar-refractivity contribution in [2.24, 2.45) is 0 Å². The highest BCUT2D eigenvalue weighted by atomic mass is 32.1. The molecule has 0 fully saturated rings. The van der Waals surface area contributed by atoms with Crippen molar-refractivity contribution < 1.29 is 14.6 Å². The largest absolute Gasteiger partial charge is 0.298 e. The van der Waals surface area contributed by atoms with Crippen LogP contribution in [0, 0.1) is 20.2 Å². The zero-order valence-corrected chi connectivity index (χ0v) is 13.7. The quantitative estimate of drug-likeness (QED) is 0.536. The Hall–Kier alpha value is -3.73. The lowest BCUT2D eigenvalue weighted by Crippen LogP contribution is -2.12. The highest BCUT2D eigenvalue weighted by Crippen LogP contribution is 2.26. The smallest absolute Gasteiger partial charge is 0.277 e. The summed E-state index contributed by atoms with van der Waals surface area (Å²) in [6, 6.07) is 6.28. The third-order valence-electron chi connectivity index (χ3n) is 3.27. The van der Waals surface area contributed by atoms with Gasteiger partial charge in [-0.3, -0.25) is 35.3 Å². The summed E-state index contributed by atoms with van der Waals surface area (Å²) in [5, 5.41) is 26.3. The van der Waals surface area contributed by atoms with Gasteiger partial charge in [-0.05, 0) is 12.1 Å². The zero-order chi connectivity index (χ0) is 18.7. The molecule has 1 N–H and O–H groups in total. The molecule has 26 heavy (non-hydrogen) atoms. The van der Waals surface area contributed by atoms with E-state index in [9.17, 15) is 25.0 Å². The molecule has 2 heterocycles. The van der Waals surface area contributed by atoms with E-state index in [-0.39, 0.29) is 10.7 Å². The topological polar surface area (TPSA) is 141 Å². The Morgan fingerprint density at radius 1 is 1.12 bits per heavy atom. The predicted octanol–water partition coefficient (Wildman–Crippen LogP) is 3.27. The van der Waals surface area contributed by atoms with E-state index in [1.807, 2.05) is 0 Å². The van der Waals surface area contributed by atoms with Crippen LogP contribution in [-0.2, 0) is 0 Å². The van der Waals surface area contributed by atoms with Crippen molar-refractivity contribution in [3.8, 4) is 11.3 Å². The van der Waals surface area contributed by atoms with Crippen molar-refractivity contribution in [2.45, 2.75) is 0 Å². The average Bonchev–Trinajstić information content (AvgIpc) is 3.10. The number of nitrogens with one attached hydrogen (secondary N) is 1. The molecule has 0 radical (unpaired) electrons. The van der Waals surface area contributed by atoms with Crippen molar-refractivity contribution in [2.75, 3.05) is 5.32 Å². The normalized spacial score (nSPS) is 10.3. The van der Waals surface area contributed by atoms with Gasteiger partial charge in [0.15, 0.2) is 5.13 Å². The minimum atomic E-state index is -0.798. The van der Waals surface area contributed by atoms with Gasteiger partial charge < -0.3 is 0 Å². The second kappa shape index (κ2) is 7.03. The standard InChI is InChI=1S/C15H9N5O5S/c21-14(10-4-11(19(22)23)6-12(5-10)20(24)25)18-15-17-13(8-26-15)9-2-1-3-16-7-9/h1-8H,(H,17,18,21). The summed E-state index contributed by atoms with van der Waals surface area (Å²) >= 11 is 1.15. The van der Waals surface area contributed by atoms with Gasteiger partial charge in [0.05, 0.1) is 27.2 Å². The van der Waals surface area contributed by atoms with E-state index in [1.165, 1.54) is 0 Å². The molecule has 0 saturated carbocycles. The number of thiazole rings is 1. The summed E-state index contributed by atoms with van der Waals surface area (Å²) in [7, 11) is 0. The summed E-state index contributed by atoms with van der Waals surface area (Å²) in [5.41, 5.74) is 0.0711. The number of hydrogen-bond acceptors (Lipinski definition) is 8. The fraction of sp³-hybridized carbons (Fsp3) is 0. The summed E-state index contributed by atoms with van der Waals surface area (Å²) in [4.78, 5) is 40.7. The molecular weight excluding hydrogens is 362 g/mol. The molecule has 0 aliphatic heterocycles. The molecule has 3 aromatic rings. The van der Waals surface area contributed by atoms with Crippen LogP contribution in [0.1, 0.15) is 10.4 Å². The number of carbonyl (C=O) groups is 1. The number of anilines is 1. The number of pyridine rings is 1. The van der Waals surface area contributed by atoms with Crippen LogP contribution in [0.4, 0.5) is 16.5 Å². The van der Waals surface area contributed by atoms with Gasteiger partial charge in [0.25, 0.3) is 17.3 Å². The van der Waals surface area contributed by atoms with Crippen LogP contribution >= 0.6 is 11.3 Å². The zero-order valence-electron chi connectivity index (χ0n) is 12.9. The molecule has 0 aliphatic rings. The SMILES string of the molecule is O=C(Nc1nc(-c2cccnc2)cs1)c1cc([N+](=O)[O-])cc([N+](=O)[O-])c1. The lowest BCUT2D eigenvalue weighted by Gasteiger charge is -2.02. The van der Waals surface area contributed by atoms with Gasteiger partial charge in [0.2, 0.25) is 0 Å². The van der Waals surface area contributed by atoms with Crippen molar-refractivity contribution in [3.63, 3.8) is 0 Å². The minimum absolute atomic E-state index is 0.205. The molecule has 0 unspecified atom stereocenters. The summed E-state index contributed by atoms with van der Waals surface area (Å²) in [6.45, 7) is 0. The van der Waals surface area contributed by atoms with Crippen LogP contribution in [0.25, 0.3) is 11.3 Å². The maximum atomic E-state index is 12.3. The predicted molar refractivity (Wildman–Crippen MR) is 93.0 cm³/mol. The van der Waals surface area contributed by atoms with E-state index >= 15 is 0 Å². The van der Waals surface area contributed by atoms with E-state index in [0.717, 1.165) is 35.1 Å². The first-order valence-corrected chi connectivity index (χ1v) is 7.93. The van der Waals surface area contributed by atoms with Gasteiger partial charge in [-0.25, -0.2) is 4.98 Å². The Bertz CT molecular complexity index is 972. The number of nitrogens with zero attached hydrogens (tertiary/aromatic N) is 4. The van der Waals surface area contributed by atoms with Gasteiger partial charge in [0, 0.05) is 35.5 Å².